The summed E-state index contributed by atoms with van der Waals surface area (Å²) in [6.07, 6.45) is 2.05. The highest BCUT2D eigenvalue weighted by Gasteiger charge is 2.25. The largest absolute Gasteiger partial charge is 0.492 e. The molecule has 12 heavy (non-hydrogen) atoms. The fourth-order valence-corrected chi connectivity index (χ4v) is 0.882. The molecule has 0 radical (unpaired) electrons. The van der Waals surface area contributed by atoms with Gasteiger partial charge >= 0.3 is 6.98 Å². The number of nitrogens with zero attached hydrogens (tertiary/aromatic N) is 1. The first kappa shape index (κ1) is 11.3. The molecule has 0 aromatic carbocycles. The number of rotatable bonds is 6. The van der Waals surface area contributed by atoms with Gasteiger partial charge in [0, 0.05) is 13.1 Å². The third-order valence-electron chi connectivity index (χ3n) is 1.24. The molecule has 0 amide bonds. The van der Waals surface area contributed by atoms with Gasteiger partial charge in [0.1, 0.15) is 0 Å². The number of halogens is 3. The fraction of sp³-hybridized carbons (Fsp3) is 0.429. The highest BCUT2D eigenvalue weighted by atomic mass is 19.4. The first-order chi connectivity index (χ1) is 5.49. The van der Waals surface area contributed by atoms with Gasteiger partial charge in [0.15, 0.2) is 0 Å². The first-order valence-corrected chi connectivity index (χ1v) is 3.64. The Balaban J connectivity index is 3.93. The summed E-state index contributed by atoms with van der Waals surface area (Å²) in [6, 6.07) is 0. The van der Waals surface area contributed by atoms with E-state index in [4.69, 9.17) is 0 Å². The summed E-state index contributed by atoms with van der Waals surface area (Å²) >= 11 is 0. The van der Waals surface area contributed by atoms with Crippen LogP contribution in [0, 0.1) is 0 Å². The lowest BCUT2D eigenvalue weighted by molar-refractivity contribution is 0.329. The molecule has 0 aromatic rings. The molecule has 0 heterocycles. The normalized spacial score (nSPS) is 11.7. The van der Waals surface area contributed by atoms with Crippen molar-refractivity contribution < 1.29 is 12.9 Å². The molecule has 0 spiro atoms. The van der Waals surface area contributed by atoms with E-state index in [2.05, 4.69) is 13.2 Å². The molecule has 0 fully saturated rings. The maximum atomic E-state index is 11.9. The third kappa shape index (κ3) is 6.03. The van der Waals surface area contributed by atoms with Gasteiger partial charge in [0.05, 0.1) is 0 Å². The SMILES string of the molecule is C=CCN(CC=C)C[B-](F)(F)F. The summed E-state index contributed by atoms with van der Waals surface area (Å²) in [7, 11) is 0. The topological polar surface area (TPSA) is 3.24 Å². The van der Waals surface area contributed by atoms with Crippen LogP contribution in [0.4, 0.5) is 12.9 Å². The Morgan fingerprint density at radius 1 is 1.08 bits per heavy atom. The van der Waals surface area contributed by atoms with Crippen LogP contribution >= 0.6 is 0 Å². The van der Waals surface area contributed by atoms with Gasteiger partial charge in [0.2, 0.25) is 0 Å². The van der Waals surface area contributed by atoms with Crippen LogP contribution in [0.1, 0.15) is 0 Å². The Morgan fingerprint density at radius 2 is 1.50 bits per heavy atom. The third-order valence-corrected chi connectivity index (χ3v) is 1.24. The molecule has 0 saturated carbocycles. The number of hydrogen-bond acceptors (Lipinski definition) is 1. The molecule has 0 aliphatic carbocycles. The van der Waals surface area contributed by atoms with Gasteiger partial charge in [-0.25, -0.2) is 0 Å². The maximum Gasteiger partial charge on any atom is 0.492 e. The molecule has 0 aromatic heterocycles. The van der Waals surface area contributed by atoms with E-state index < -0.39 is 13.4 Å². The molecule has 0 aliphatic rings. The van der Waals surface area contributed by atoms with E-state index in [-0.39, 0.29) is 13.1 Å². The Bertz CT molecular complexity index is 145. The summed E-state index contributed by atoms with van der Waals surface area (Å²) in [6.45, 7) is 2.50. The minimum Gasteiger partial charge on any atom is -0.448 e. The molecule has 5 heteroatoms. The van der Waals surface area contributed by atoms with E-state index >= 15 is 0 Å². The van der Waals surface area contributed by atoms with E-state index in [1.165, 1.54) is 17.1 Å². The molecule has 1 nitrogen and oxygen atoms in total. The molecular formula is C7H12BF3N-. The highest BCUT2D eigenvalue weighted by Crippen LogP contribution is 2.10. The second-order valence-corrected chi connectivity index (χ2v) is 2.51. The maximum absolute atomic E-state index is 11.9. The molecule has 0 saturated heterocycles. The summed E-state index contributed by atoms with van der Waals surface area (Å²) in [4.78, 5) is 1.24. The van der Waals surface area contributed by atoms with Crippen molar-refractivity contribution in [2.75, 3.05) is 19.5 Å². The van der Waals surface area contributed by atoms with Crippen molar-refractivity contribution >= 4 is 6.98 Å². The molecule has 0 aliphatic heterocycles. The van der Waals surface area contributed by atoms with Crippen LogP contribution in [-0.2, 0) is 0 Å². The van der Waals surface area contributed by atoms with Crippen molar-refractivity contribution in [3.63, 3.8) is 0 Å². The second kappa shape index (κ2) is 5.03. The molecule has 70 valence electrons. The van der Waals surface area contributed by atoms with Crippen LogP contribution in [-0.4, -0.2) is 31.4 Å². The summed E-state index contributed by atoms with van der Waals surface area (Å²) in [5, 5.41) is 0. The van der Waals surface area contributed by atoms with Crippen LogP contribution < -0.4 is 0 Å². The molecule has 0 unspecified atom stereocenters. The summed E-state index contributed by atoms with van der Waals surface area (Å²) in [5.74, 6) is 0. The zero-order valence-corrected chi connectivity index (χ0v) is 6.85. The van der Waals surface area contributed by atoms with Crippen molar-refractivity contribution in [2.24, 2.45) is 0 Å². The van der Waals surface area contributed by atoms with Crippen LogP contribution in [0.25, 0.3) is 0 Å². The van der Waals surface area contributed by atoms with Crippen molar-refractivity contribution in [1.29, 1.82) is 0 Å². The smallest absolute Gasteiger partial charge is 0.448 e. The highest BCUT2D eigenvalue weighted by molar-refractivity contribution is 6.58. The Hall–Kier alpha value is -0.705. The van der Waals surface area contributed by atoms with Crippen LogP contribution in [0.15, 0.2) is 25.3 Å². The summed E-state index contributed by atoms with van der Waals surface area (Å²) in [5.41, 5.74) is 0. The minimum absolute atomic E-state index is 0.243. The lowest BCUT2D eigenvalue weighted by Gasteiger charge is -2.25. The quantitative estimate of drug-likeness (QED) is 0.444. The van der Waals surface area contributed by atoms with Gasteiger partial charge in [-0.05, 0) is 6.44 Å². The molecule has 0 bridgehead atoms. The molecular weight excluding hydrogens is 166 g/mol. The lowest BCUT2D eigenvalue weighted by Crippen LogP contribution is -2.38. The standard InChI is InChI=1S/C7H12BF3N/c1-3-5-12(6-4-2)7-8(9,10)11/h3-4H,1-2,5-7H2/q-1. The van der Waals surface area contributed by atoms with Crippen molar-refractivity contribution in [3.05, 3.63) is 25.3 Å². The van der Waals surface area contributed by atoms with E-state index in [1.54, 1.807) is 0 Å². The molecule has 0 atom stereocenters. The Labute approximate surface area is 70.6 Å². The van der Waals surface area contributed by atoms with Gasteiger partial charge in [-0.3, -0.25) is 0 Å². The lowest BCUT2D eigenvalue weighted by atomic mass is 9.91. The van der Waals surface area contributed by atoms with E-state index in [0.29, 0.717) is 0 Å². The van der Waals surface area contributed by atoms with Gasteiger partial charge in [-0.1, -0.05) is 12.2 Å². The van der Waals surface area contributed by atoms with Gasteiger partial charge in [-0.2, -0.15) is 0 Å². The van der Waals surface area contributed by atoms with Gasteiger partial charge in [-0.15, -0.1) is 13.2 Å². The van der Waals surface area contributed by atoms with Gasteiger partial charge < -0.3 is 17.8 Å². The Morgan fingerprint density at radius 3 is 1.75 bits per heavy atom. The van der Waals surface area contributed by atoms with E-state index in [0.717, 1.165) is 0 Å². The summed E-state index contributed by atoms with van der Waals surface area (Å²) < 4.78 is 35.7. The van der Waals surface area contributed by atoms with Crippen LogP contribution in [0.2, 0.25) is 0 Å². The Kier molecular flexibility index (Phi) is 4.74. The zero-order chi connectivity index (χ0) is 9.61. The average Bonchev–Trinajstić information content (AvgIpc) is 1.84. The van der Waals surface area contributed by atoms with Crippen molar-refractivity contribution in [2.45, 2.75) is 0 Å². The van der Waals surface area contributed by atoms with E-state index in [9.17, 15) is 12.9 Å². The second-order valence-electron chi connectivity index (χ2n) is 2.51. The predicted octanol–water partition coefficient (Wildman–Crippen LogP) is 2.05. The molecule has 0 N–H and O–H groups in total. The molecule has 0 rings (SSSR count). The van der Waals surface area contributed by atoms with Crippen LogP contribution in [0.5, 0.6) is 0 Å². The monoisotopic (exact) mass is 178 g/mol. The zero-order valence-electron chi connectivity index (χ0n) is 6.85. The predicted molar refractivity (Wildman–Crippen MR) is 45.9 cm³/mol. The van der Waals surface area contributed by atoms with Crippen LogP contribution in [0.3, 0.4) is 0 Å². The fourth-order valence-electron chi connectivity index (χ4n) is 0.882. The van der Waals surface area contributed by atoms with Crippen molar-refractivity contribution in [1.82, 2.24) is 4.90 Å². The first-order valence-electron chi connectivity index (χ1n) is 3.64. The van der Waals surface area contributed by atoms with Crippen molar-refractivity contribution in [3.8, 4) is 0 Å². The minimum atomic E-state index is -4.74. The number of hydrogen-bond donors (Lipinski definition) is 0. The van der Waals surface area contributed by atoms with E-state index in [1.807, 2.05) is 0 Å². The average molecular weight is 178 g/mol. The van der Waals surface area contributed by atoms with Gasteiger partial charge in [0.25, 0.3) is 0 Å².